The van der Waals surface area contributed by atoms with Crippen LogP contribution >= 0.6 is 0 Å². The van der Waals surface area contributed by atoms with Crippen molar-refractivity contribution in [1.82, 2.24) is 14.7 Å². The highest BCUT2D eigenvalue weighted by atomic mass is 19.1. The standard InChI is InChI=1S/C19H26FN3O2/c1-3-22-10-12-23(13-11-22)19(25)15-8-9-17(24)21(2)18(15)14-6-4-5-7-16(14)20/h4-7,15,18H,3,8-13H2,1-2H3. The number of piperidine rings is 1. The summed E-state index contributed by atoms with van der Waals surface area (Å²) in [5, 5.41) is 0. The number of halogens is 1. The van der Waals surface area contributed by atoms with Gasteiger partial charge in [0, 0.05) is 45.2 Å². The Hall–Kier alpha value is -1.95. The molecule has 6 heteroatoms. The number of hydrogen-bond donors (Lipinski definition) is 0. The zero-order chi connectivity index (χ0) is 18.0. The average molecular weight is 347 g/mol. The molecule has 2 saturated heterocycles. The molecule has 2 fully saturated rings. The van der Waals surface area contributed by atoms with Crippen molar-refractivity contribution in [3.05, 3.63) is 35.6 Å². The minimum atomic E-state index is -0.529. The van der Waals surface area contributed by atoms with E-state index in [1.807, 2.05) is 4.90 Å². The van der Waals surface area contributed by atoms with E-state index in [-0.39, 0.29) is 23.5 Å². The lowest BCUT2D eigenvalue weighted by atomic mass is 9.83. The number of likely N-dealkylation sites (tertiary alicyclic amines) is 1. The molecule has 136 valence electrons. The van der Waals surface area contributed by atoms with E-state index in [2.05, 4.69) is 11.8 Å². The molecule has 2 unspecified atom stereocenters. The summed E-state index contributed by atoms with van der Waals surface area (Å²) in [6.45, 7) is 6.24. The van der Waals surface area contributed by atoms with E-state index in [0.29, 0.717) is 31.5 Å². The molecule has 2 heterocycles. The Morgan fingerprint density at radius 1 is 1.20 bits per heavy atom. The van der Waals surface area contributed by atoms with Gasteiger partial charge in [-0.05, 0) is 19.0 Å². The normalized spacial score (nSPS) is 25.3. The zero-order valence-electron chi connectivity index (χ0n) is 14.9. The van der Waals surface area contributed by atoms with E-state index in [1.54, 1.807) is 30.1 Å². The summed E-state index contributed by atoms with van der Waals surface area (Å²) in [4.78, 5) is 31.1. The lowest BCUT2D eigenvalue weighted by Crippen LogP contribution is -2.53. The highest BCUT2D eigenvalue weighted by Gasteiger charge is 2.41. The number of benzene rings is 1. The maximum Gasteiger partial charge on any atom is 0.228 e. The molecule has 2 atom stereocenters. The molecule has 0 spiro atoms. The van der Waals surface area contributed by atoms with Crippen LogP contribution in [0.1, 0.15) is 31.4 Å². The maximum absolute atomic E-state index is 14.4. The second kappa shape index (κ2) is 7.52. The second-order valence-electron chi connectivity index (χ2n) is 6.88. The maximum atomic E-state index is 14.4. The molecule has 1 aromatic rings. The largest absolute Gasteiger partial charge is 0.340 e. The topological polar surface area (TPSA) is 43.9 Å². The van der Waals surface area contributed by atoms with Gasteiger partial charge < -0.3 is 14.7 Å². The lowest BCUT2D eigenvalue weighted by Gasteiger charge is -2.42. The van der Waals surface area contributed by atoms with Crippen LogP contribution in [0.3, 0.4) is 0 Å². The molecule has 0 radical (unpaired) electrons. The summed E-state index contributed by atoms with van der Waals surface area (Å²) in [5.41, 5.74) is 0.434. The molecule has 2 aliphatic rings. The van der Waals surface area contributed by atoms with Gasteiger partial charge in [0.15, 0.2) is 0 Å². The molecule has 0 N–H and O–H groups in total. The Bertz CT molecular complexity index is 643. The molecule has 0 saturated carbocycles. The van der Waals surface area contributed by atoms with Crippen LogP contribution in [0.2, 0.25) is 0 Å². The third-order valence-corrected chi connectivity index (χ3v) is 5.53. The van der Waals surface area contributed by atoms with Crippen molar-refractivity contribution in [2.45, 2.75) is 25.8 Å². The average Bonchev–Trinajstić information content (AvgIpc) is 2.64. The number of carbonyl (C=O) groups is 2. The Labute approximate surface area is 148 Å². The monoisotopic (exact) mass is 347 g/mol. The fourth-order valence-corrected chi connectivity index (χ4v) is 3.96. The summed E-state index contributed by atoms with van der Waals surface area (Å²) in [6.07, 6.45) is 0.821. The number of rotatable bonds is 3. The molecule has 0 aromatic heterocycles. The van der Waals surface area contributed by atoms with Crippen LogP contribution in [0, 0.1) is 11.7 Å². The Kier molecular flexibility index (Phi) is 5.37. The fourth-order valence-electron chi connectivity index (χ4n) is 3.96. The van der Waals surface area contributed by atoms with Crippen LogP contribution in [-0.4, -0.2) is 66.3 Å². The highest BCUT2D eigenvalue weighted by molar-refractivity contribution is 5.85. The summed E-state index contributed by atoms with van der Waals surface area (Å²) < 4.78 is 14.4. The van der Waals surface area contributed by atoms with E-state index >= 15 is 0 Å². The zero-order valence-corrected chi connectivity index (χ0v) is 14.9. The molecule has 3 rings (SSSR count). The van der Waals surface area contributed by atoms with Crippen LogP contribution in [0.25, 0.3) is 0 Å². The van der Waals surface area contributed by atoms with Gasteiger partial charge in [0.1, 0.15) is 5.82 Å². The van der Waals surface area contributed by atoms with E-state index in [1.165, 1.54) is 6.07 Å². The van der Waals surface area contributed by atoms with Crippen molar-refractivity contribution in [3.63, 3.8) is 0 Å². The highest BCUT2D eigenvalue weighted by Crippen LogP contribution is 2.38. The Balaban J connectivity index is 1.84. The molecule has 2 amide bonds. The van der Waals surface area contributed by atoms with Gasteiger partial charge in [-0.3, -0.25) is 9.59 Å². The van der Waals surface area contributed by atoms with Crippen molar-refractivity contribution in [2.24, 2.45) is 5.92 Å². The van der Waals surface area contributed by atoms with Gasteiger partial charge in [-0.15, -0.1) is 0 Å². The first-order valence-electron chi connectivity index (χ1n) is 9.04. The molecule has 0 aliphatic carbocycles. The molecule has 1 aromatic carbocycles. The second-order valence-corrected chi connectivity index (χ2v) is 6.88. The van der Waals surface area contributed by atoms with Gasteiger partial charge in [-0.2, -0.15) is 0 Å². The van der Waals surface area contributed by atoms with E-state index < -0.39 is 6.04 Å². The predicted molar refractivity (Wildman–Crippen MR) is 93.3 cm³/mol. The number of carbonyl (C=O) groups excluding carboxylic acids is 2. The smallest absolute Gasteiger partial charge is 0.228 e. The number of hydrogen-bond acceptors (Lipinski definition) is 3. The third-order valence-electron chi connectivity index (χ3n) is 5.53. The molecule has 2 aliphatic heterocycles. The van der Waals surface area contributed by atoms with Crippen LogP contribution in [0.5, 0.6) is 0 Å². The van der Waals surface area contributed by atoms with Crippen LogP contribution in [0.15, 0.2) is 24.3 Å². The third kappa shape index (κ3) is 3.54. The van der Waals surface area contributed by atoms with Crippen molar-refractivity contribution in [2.75, 3.05) is 39.8 Å². The first-order chi connectivity index (χ1) is 12.0. The van der Waals surface area contributed by atoms with E-state index in [4.69, 9.17) is 0 Å². The number of likely N-dealkylation sites (N-methyl/N-ethyl adjacent to an activating group) is 1. The van der Waals surface area contributed by atoms with Crippen molar-refractivity contribution < 1.29 is 14.0 Å². The number of nitrogens with zero attached hydrogens (tertiary/aromatic N) is 3. The predicted octanol–water partition coefficient (Wildman–Crippen LogP) is 1.90. The SMILES string of the molecule is CCN1CCN(C(=O)C2CCC(=O)N(C)C2c2ccccc2F)CC1. The Morgan fingerprint density at radius 3 is 2.52 bits per heavy atom. The van der Waals surface area contributed by atoms with Gasteiger partial charge in [0.2, 0.25) is 11.8 Å². The van der Waals surface area contributed by atoms with Crippen molar-refractivity contribution in [1.29, 1.82) is 0 Å². The van der Waals surface area contributed by atoms with Crippen LogP contribution in [-0.2, 0) is 9.59 Å². The lowest BCUT2D eigenvalue weighted by molar-refractivity contribution is -0.147. The van der Waals surface area contributed by atoms with Crippen molar-refractivity contribution in [3.8, 4) is 0 Å². The summed E-state index contributed by atoms with van der Waals surface area (Å²) in [6, 6.07) is 5.94. The molecular formula is C19H26FN3O2. The van der Waals surface area contributed by atoms with Crippen LogP contribution < -0.4 is 0 Å². The van der Waals surface area contributed by atoms with Crippen LogP contribution in [0.4, 0.5) is 4.39 Å². The van der Waals surface area contributed by atoms with Gasteiger partial charge >= 0.3 is 0 Å². The van der Waals surface area contributed by atoms with Gasteiger partial charge in [0.05, 0.1) is 12.0 Å². The molecular weight excluding hydrogens is 321 g/mol. The fraction of sp³-hybridized carbons (Fsp3) is 0.579. The van der Waals surface area contributed by atoms with Gasteiger partial charge in [-0.25, -0.2) is 4.39 Å². The van der Waals surface area contributed by atoms with Gasteiger partial charge in [-0.1, -0.05) is 25.1 Å². The summed E-state index contributed by atoms with van der Waals surface area (Å²) in [5.74, 6) is -0.730. The quantitative estimate of drug-likeness (QED) is 0.839. The molecule has 0 bridgehead atoms. The first-order valence-corrected chi connectivity index (χ1v) is 9.04. The summed E-state index contributed by atoms with van der Waals surface area (Å²) in [7, 11) is 1.67. The van der Waals surface area contributed by atoms with E-state index in [9.17, 15) is 14.0 Å². The Morgan fingerprint density at radius 2 is 1.88 bits per heavy atom. The number of piperazine rings is 1. The first kappa shape index (κ1) is 17.9. The van der Waals surface area contributed by atoms with Crippen molar-refractivity contribution >= 4 is 11.8 Å². The molecule has 5 nitrogen and oxygen atoms in total. The summed E-state index contributed by atoms with van der Waals surface area (Å²) >= 11 is 0. The minimum Gasteiger partial charge on any atom is -0.340 e. The van der Waals surface area contributed by atoms with Gasteiger partial charge in [0.25, 0.3) is 0 Å². The minimum absolute atomic E-state index is 0.0342. The molecule has 25 heavy (non-hydrogen) atoms. The number of amides is 2. The van der Waals surface area contributed by atoms with E-state index in [0.717, 1.165) is 19.6 Å².